The van der Waals surface area contributed by atoms with Crippen molar-refractivity contribution in [2.75, 3.05) is 0 Å². The summed E-state index contributed by atoms with van der Waals surface area (Å²) in [4.78, 5) is 11.6. The fourth-order valence-corrected chi connectivity index (χ4v) is 2.22. The summed E-state index contributed by atoms with van der Waals surface area (Å²) in [5.74, 6) is -0.984. The Hall–Kier alpha value is -0.440. The molecule has 2 nitrogen and oxygen atoms in total. The van der Waals surface area contributed by atoms with Crippen LogP contribution in [0.4, 0.5) is 0 Å². The average molecular weight is 158 g/mol. The summed E-state index contributed by atoms with van der Waals surface area (Å²) in [6.45, 7) is 3.89. The minimum absolute atomic E-state index is 0.206. The molecular formula is C7H10O2S. The molecule has 0 saturated carbocycles. The zero-order valence-electron chi connectivity index (χ0n) is 6.00. The monoisotopic (exact) mass is 158 g/mol. The molecule has 0 saturated heterocycles. The third-order valence-corrected chi connectivity index (χ3v) is 2.75. The molecule has 0 amide bonds. The van der Waals surface area contributed by atoms with E-state index in [0.717, 1.165) is 4.91 Å². The predicted molar refractivity (Wildman–Crippen MR) is 41.9 cm³/mol. The second-order valence-corrected chi connectivity index (χ2v) is 4.09. The minimum atomic E-state index is -0.711. The molecule has 0 spiro atoms. The van der Waals surface area contributed by atoms with Crippen LogP contribution < -0.4 is 0 Å². The molecule has 1 aliphatic rings. The molecule has 0 fully saturated rings. The van der Waals surface area contributed by atoms with Crippen molar-refractivity contribution in [1.82, 2.24) is 0 Å². The third-order valence-electron chi connectivity index (χ3n) is 1.58. The fourth-order valence-electron chi connectivity index (χ4n) is 1.07. The maximum Gasteiger partial charge on any atom is 0.311 e. The number of thioether (sulfide) groups is 1. The maximum atomic E-state index is 10.5. The molecule has 0 radical (unpaired) electrons. The van der Waals surface area contributed by atoms with Crippen LogP contribution in [0.2, 0.25) is 0 Å². The lowest BCUT2D eigenvalue weighted by Crippen LogP contribution is -2.17. The molecule has 56 valence electrons. The fraction of sp³-hybridized carbons (Fsp3) is 0.571. The van der Waals surface area contributed by atoms with Crippen LogP contribution in [0.5, 0.6) is 0 Å². The van der Waals surface area contributed by atoms with Crippen molar-refractivity contribution in [2.24, 2.45) is 5.92 Å². The van der Waals surface area contributed by atoms with Gasteiger partial charge in [-0.3, -0.25) is 4.79 Å². The molecule has 10 heavy (non-hydrogen) atoms. The lowest BCUT2D eigenvalue weighted by atomic mass is 10.1. The van der Waals surface area contributed by atoms with Gasteiger partial charge < -0.3 is 5.11 Å². The van der Waals surface area contributed by atoms with Crippen molar-refractivity contribution in [3.8, 4) is 0 Å². The highest BCUT2D eigenvalue weighted by Gasteiger charge is 2.28. The molecule has 1 rings (SSSR count). The minimum Gasteiger partial charge on any atom is -0.481 e. The number of hydrogen-bond acceptors (Lipinski definition) is 2. The number of carboxylic acid groups (broad SMARTS) is 1. The number of allylic oxidation sites excluding steroid dienone is 1. The first-order valence-corrected chi connectivity index (χ1v) is 4.07. The van der Waals surface area contributed by atoms with E-state index in [0.29, 0.717) is 0 Å². The van der Waals surface area contributed by atoms with E-state index in [1.54, 1.807) is 11.8 Å². The topological polar surface area (TPSA) is 37.3 Å². The zero-order chi connectivity index (χ0) is 7.72. The van der Waals surface area contributed by atoms with Gasteiger partial charge in [-0.15, -0.1) is 11.8 Å². The quantitative estimate of drug-likeness (QED) is 0.631. The highest BCUT2D eigenvalue weighted by atomic mass is 32.2. The number of carbonyl (C=O) groups is 1. The van der Waals surface area contributed by atoms with Crippen LogP contribution in [0.15, 0.2) is 11.0 Å². The second kappa shape index (κ2) is 2.66. The van der Waals surface area contributed by atoms with Crippen LogP contribution in [0, 0.1) is 5.92 Å². The molecule has 2 unspecified atom stereocenters. The Morgan fingerprint density at radius 3 is 2.60 bits per heavy atom. The molecule has 1 N–H and O–H groups in total. The van der Waals surface area contributed by atoms with Crippen LogP contribution in [0.1, 0.15) is 13.8 Å². The van der Waals surface area contributed by atoms with E-state index in [1.807, 2.05) is 19.9 Å². The van der Waals surface area contributed by atoms with Gasteiger partial charge in [0.1, 0.15) is 0 Å². The van der Waals surface area contributed by atoms with Crippen molar-refractivity contribution in [1.29, 1.82) is 0 Å². The molecule has 1 aliphatic heterocycles. The lowest BCUT2D eigenvalue weighted by molar-refractivity contribution is -0.139. The molecule has 0 bridgehead atoms. The van der Waals surface area contributed by atoms with Crippen molar-refractivity contribution < 1.29 is 9.90 Å². The van der Waals surface area contributed by atoms with E-state index in [4.69, 9.17) is 5.11 Å². The van der Waals surface area contributed by atoms with Crippen LogP contribution >= 0.6 is 11.8 Å². The second-order valence-electron chi connectivity index (χ2n) is 2.46. The summed E-state index contributed by atoms with van der Waals surface area (Å²) in [6, 6.07) is 0. The van der Waals surface area contributed by atoms with E-state index in [1.165, 1.54) is 0 Å². The number of rotatable bonds is 1. The van der Waals surface area contributed by atoms with Crippen LogP contribution in [-0.2, 0) is 4.79 Å². The smallest absolute Gasteiger partial charge is 0.311 e. The van der Waals surface area contributed by atoms with Gasteiger partial charge in [0.25, 0.3) is 0 Å². The highest BCUT2D eigenvalue weighted by molar-refractivity contribution is 8.03. The molecule has 0 aliphatic carbocycles. The molecule has 0 aromatic heterocycles. The third kappa shape index (κ3) is 1.34. The first kappa shape index (κ1) is 7.66. The van der Waals surface area contributed by atoms with Gasteiger partial charge in [0.05, 0.1) is 5.92 Å². The SMILES string of the molecule is CC1=CC(C(=O)O)C(C)S1. The van der Waals surface area contributed by atoms with E-state index in [2.05, 4.69) is 0 Å². The average Bonchev–Trinajstić information content (AvgIpc) is 2.10. The van der Waals surface area contributed by atoms with Gasteiger partial charge in [-0.25, -0.2) is 0 Å². The standard InChI is InChI=1S/C7H10O2S/c1-4-3-6(7(8)9)5(2)10-4/h3,5-6H,1-2H3,(H,8,9). The molecular weight excluding hydrogens is 148 g/mol. The van der Waals surface area contributed by atoms with Gasteiger partial charge in [0.2, 0.25) is 0 Å². The molecule has 0 aromatic carbocycles. The molecule has 3 heteroatoms. The zero-order valence-corrected chi connectivity index (χ0v) is 6.81. The summed E-state index contributed by atoms with van der Waals surface area (Å²) < 4.78 is 0. The molecule has 2 atom stereocenters. The predicted octanol–water partition coefficient (Wildman–Crippen LogP) is 1.73. The number of aliphatic carboxylic acids is 1. The van der Waals surface area contributed by atoms with E-state index >= 15 is 0 Å². The van der Waals surface area contributed by atoms with Gasteiger partial charge in [-0.2, -0.15) is 0 Å². The van der Waals surface area contributed by atoms with Crippen molar-refractivity contribution in [3.63, 3.8) is 0 Å². The number of hydrogen-bond donors (Lipinski definition) is 1. The lowest BCUT2D eigenvalue weighted by Gasteiger charge is -2.06. The summed E-state index contributed by atoms with van der Waals surface area (Å²) >= 11 is 1.64. The van der Waals surface area contributed by atoms with Crippen molar-refractivity contribution in [3.05, 3.63) is 11.0 Å². The summed E-state index contributed by atoms with van der Waals surface area (Å²) in [5, 5.41) is 8.85. The Bertz CT molecular complexity index is 186. The Morgan fingerprint density at radius 2 is 2.40 bits per heavy atom. The Kier molecular flexibility index (Phi) is 2.04. The Balaban J connectivity index is 2.69. The van der Waals surface area contributed by atoms with E-state index < -0.39 is 5.97 Å². The van der Waals surface area contributed by atoms with Gasteiger partial charge in [0.15, 0.2) is 0 Å². The van der Waals surface area contributed by atoms with E-state index in [9.17, 15) is 4.79 Å². The number of carboxylic acids is 1. The van der Waals surface area contributed by atoms with Gasteiger partial charge in [-0.05, 0) is 11.8 Å². The summed E-state index contributed by atoms with van der Waals surface area (Å²) in [7, 11) is 0. The van der Waals surface area contributed by atoms with Crippen LogP contribution in [0.25, 0.3) is 0 Å². The Labute approximate surface area is 64.3 Å². The normalized spacial score (nSPS) is 32.0. The van der Waals surface area contributed by atoms with Crippen LogP contribution in [-0.4, -0.2) is 16.3 Å². The largest absolute Gasteiger partial charge is 0.481 e. The molecule has 1 heterocycles. The van der Waals surface area contributed by atoms with Gasteiger partial charge in [-0.1, -0.05) is 13.0 Å². The maximum absolute atomic E-state index is 10.5. The first-order chi connectivity index (χ1) is 4.61. The van der Waals surface area contributed by atoms with Crippen LogP contribution in [0.3, 0.4) is 0 Å². The van der Waals surface area contributed by atoms with Gasteiger partial charge in [0, 0.05) is 5.25 Å². The van der Waals surface area contributed by atoms with Crippen molar-refractivity contribution in [2.45, 2.75) is 19.1 Å². The first-order valence-electron chi connectivity index (χ1n) is 3.19. The molecule has 0 aromatic rings. The van der Waals surface area contributed by atoms with Gasteiger partial charge >= 0.3 is 5.97 Å². The summed E-state index contributed by atoms with van der Waals surface area (Å²) in [6.07, 6.45) is 1.82. The summed E-state index contributed by atoms with van der Waals surface area (Å²) in [5.41, 5.74) is 0. The van der Waals surface area contributed by atoms with E-state index in [-0.39, 0.29) is 11.2 Å². The Morgan fingerprint density at radius 1 is 1.80 bits per heavy atom. The van der Waals surface area contributed by atoms with Crippen molar-refractivity contribution >= 4 is 17.7 Å². The highest BCUT2D eigenvalue weighted by Crippen LogP contribution is 2.35.